The van der Waals surface area contributed by atoms with Crippen LogP contribution < -0.4 is 10.6 Å². The lowest BCUT2D eigenvalue weighted by Crippen LogP contribution is -2.43. The van der Waals surface area contributed by atoms with Crippen LogP contribution in [0.4, 0.5) is 4.39 Å². The van der Waals surface area contributed by atoms with Gasteiger partial charge in [-0.15, -0.1) is 11.3 Å². The lowest BCUT2D eigenvalue weighted by atomic mass is 9.84. The summed E-state index contributed by atoms with van der Waals surface area (Å²) >= 11 is 1.70. The molecule has 5 heteroatoms. The first-order valence-electron chi connectivity index (χ1n) is 7.25. The minimum absolute atomic E-state index is 0.171. The molecule has 0 radical (unpaired) electrons. The van der Waals surface area contributed by atoms with Crippen molar-refractivity contribution in [1.29, 1.82) is 0 Å². The average Bonchev–Trinajstić information content (AvgIpc) is 3.01. The molecule has 0 aliphatic heterocycles. The Morgan fingerprint density at radius 2 is 1.95 bits per heavy atom. The van der Waals surface area contributed by atoms with Gasteiger partial charge >= 0.3 is 0 Å². The number of nitrogens with zero attached hydrogens (tertiary/aromatic N) is 1. The van der Waals surface area contributed by atoms with Gasteiger partial charge in [0.2, 0.25) is 0 Å². The highest BCUT2D eigenvalue weighted by Crippen LogP contribution is 2.24. The number of benzene rings is 1. The Bertz CT molecular complexity index is 621. The Morgan fingerprint density at radius 1 is 1.18 bits per heavy atom. The van der Waals surface area contributed by atoms with Crippen LogP contribution in [0.1, 0.15) is 24.3 Å². The molecule has 0 aliphatic rings. The predicted octanol–water partition coefficient (Wildman–Crippen LogP) is 3.53. The molecule has 0 atom stereocenters. The standard InChI is InChI=1S/C17H22FN3S/c1-17(2,14-8-4-5-9-15(14)18)12-21-16(19-3)20-11-13-7-6-10-22-13/h4-10H,11-12H2,1-3H3,(H2,19,20,21). The minimum Gasteiger partial charge on any atom is -0.356 e. The zero-order valence-corrected chi connectivity index (χ0v) is 14.0. The second-order valence-corrected chi connectivity index (χ2v) is 6.75. The summed E-state index contributed by atoms with van der Waals surface area (Å²) in [6.45, 7) is 5.37. The van der Waals surface area contributed by atoms with Crippen LogP contribution in [-0.2, 0) is 12.0 Å². The molecule has 2 rings (SSSR count). The number of hydrogen-bond acceptors (Lipinski definition) is 2. The van der Waals surface area contributed by atoms with Gasteiger partial charge in [0.1, 0.15) is 5.82 Å². The second-order valence-electron chi connectivity index (χ2n) is 5.72. The van der Waals surface area contributed by atoms with Crippen LogP contribution in [0.15, 0.2) is 46.8 Å². The Labute approximate surface area is 135 Å². The van der Waals surface area contributed by atoms with Crippen molar-refractivity contribution in [3.05, 3.63) is 58.0 Å². The van der Waals surface area contributed by atoms with E-state index in [1.807, 2.05) is 32.0 Å². The smallest absolute Gasteiger partial charge is 0.191 e. The number of rotatable bonds is 5. The molecule has 0 aliphatic carbocycles. The molecule has 1 heterocycles. The monoisotopic (exact) mass is 319 g/mol. The Kier molecular flexibility index (Phi) is 5.55. The van der Waals surface area contributed by atoms with Gasteiger partial charge in [0.05, 0.1) is 6.54 Å². The van der Waals surface area contributed by atoms with Gasteiger partial charge in [0.25, 0.3) is 0 Å². The third-order valence-electron chi connectivity index (χ3n) is 3.53. The third kappa shape index (κ3) is 4.31. The molecule has 118 valence electrons. The average molecular weight is 319 g/mol. The van der Waals surface area contributed by atoms with E-state index in [4.69, 9.17) is 0 Å². The Balaban J connectivity index is 1.93. The highest BCUT2D eigenvalue weighted by molar-refractivity contribution is 7.09. The molecule has 2 N–H and O–H groups in total. The fourth-order valence-electron chi connectivity index (χ4n) is 2.21. The van der Waals surface area contributed by atoms with E-state index >= 15 is 0 Å². The SMILES string of the molecule is CN=C(NCc1cccs1)NCC(C)(C)c1ccccc1F. The van der Waals surface area contributed by atoms with Crippen LogP contribution in [0.25, 0.3) is 0 Å². The highest BCUT2D eigenvalue weighted by atomic mass is 32.1. The highest BCUT2D eigenvalue weighted by Gasteiger charge is 2.24. The summed E-state index contributed by atoms with van der Waals surface area (Å²) in [5.41, 5.74) is 0.377. The van der Waals surface area contributed by atoms with Crippen LogP contribution in [0.5, 0.6) is 0 Å². The van der Waals surface area contributed by atoms with Crippen LogP contribution in [0, 0.1) is 5.82 Å². The minimum atomic E-state index is -0.327. The van der Waals surface area contributed by atoms with Crippen molar-refractivity contribution in [1.82, 2.24) is 10.6 Å². The van der Waals surface area contributed by atoms with Crippen molar-refractivity contribution in [2.45, 2.75) is 25.8 Å². The topological polar surface area (TPSA) is 36.4 Å². The van der Waals surface area contributed by atoms with Gasteiger partial charge in [-0.2, -0.15) is 0 Å². The number of thiophene rings is 1. The molecule has 2 aromatic rings. The zero-order valence-electron chi connectivity index (χ0n) is 13.2. The Hall–Kier alpha value is -1.88. The van der Waals surface area contributed by atoms with Crippen molar-refractivity contribution in [3.63, 3.8) is 0 Å². The molecule has 0 fully saturated rings. The molecule has 1 aromatic carbocycles. The first-order chi connectivity index (χ1) is 10.5. The van der Waals surface area contributed by atoms with Crippen molar-refractivity contribution < 1.29 is 4.39 Å². The fraction of sp³-hybridized carbons (Fsp3) is 0.353. The zero-order chi connectivity index (χ0) is 16.0. The summed E-state index contributed by atoms with van der Waals surface area (Å²) in [5.74, 6) is 0.550. The summed E-state index contributed by atoms with van der Waals surface area (Å²) in [6, 6.07) is 11.0. The van der Waals surface area contributed by atoms with Crippen LogP contribution in [0.2, 0.25) is 0 Å². The molecule has 0 spiro atoms. The van der Waals surface area contributed by atoms with E-state index < -0.39 is 0 Å². The summed E-state index contributed by atoms with van der Waals surface area (Å²) in [4.78, 5) is 5.46. The van der Waals surface area contributed by atoms with Gasteiger partial charge in [0.15, 0.2) is 5.96 Å². The largest absolute Gasteiger partial charge is 0.356 e. The van der Waals surface area contributed by atoms with E-state index in [0.717, 1.165) is 12.5 Å². The first-order valence-corrected chi connectivity index (χ1v) is 8.13. The van der Waals surface area contributed by atoms with Crippen molar-refractivity contribution in [2.24, 2.45) is 4.99 Å². The predicted molar refractivity (Wildman–Crippen MR) is 91.9 cm³/mol. The molecular formula is C17H22FN3S. The maximum Gasteiger partial charge on any atom is 0.191 e. The van der Waals surface area contributed by atoms with E-state index in [0.29, 0.717) is 12.1 Å². The number of guanidine groups is 1. The molecule has 0 saturated carbocycles. The molecule has 3 nitrogen and oxygen atoms in total. The normalized spacial score (nSPS) is 12.3. The number of nitrogens with one attached hydrogen (secondary N) is 2. The number of aliphatic imine (C=N–C) groups is 1. The molecule has 1 aromatic heterocycles. The van der Waals surface area contributed by atoms with E-state index in [9.17, 15) is 4.39 Å². The second kappa shape index (κ2) is 7.40. The summed E-state index contributed by atoms with van der Waals surface area (Å²) in [5, 5.41) is 8.59. The summed E-state index contributed by atoms with van der Waals surface area (Å²) in [7, 11) is 1.74. The summed E-state index contributed by atoms with van der Waals surface area (Å²) < 4.78 is 14.0. The van der Waals surface area contributed by atoms with Gasteiger partial charge in [0, 0.05) is 23.9 Å². The van der Waals surface area contributed by atoms with Crippen molar-refractivity contribution in [3.8, 4) is 0 Å². The van der Waals surface area contributed by atoms with Gasteiger partial charge < -0.3 is 10.6 Å². The van der Waals surface area contributed by atoms with Crippen LogP contribution in [-0.4, -0.2) is 19.6 Å². The van der Waals surface area contributed by atoms with Crippen molar-refractivity contribution in [2.75, 3.05) is 13.6 Å². The quantitative estimate of drug-likeness (QED) is 0.653. The van der Waals surface area contributed by atoms with Gasteiger partial charge in [-0.3, -0.25) is 4.99 Å². The van der Waals surface area contributed by atoms with Gasteiger partial charge in [-0.1, -0.05) is 38.1 Å². The maximum atomic E-state index is 14.0. The molecule has 0 unspecified atom stereocenters. The van der Waals surface area contributed by atoms with E-state index in [1.165, 1.54) is 10.9 Å². The van der Waals surface area contributed by atoms with Gasteiger partial charge in [-0.25, -0.2) is 4.39 Å². The third-order valence-corrected chi connectivity index (χ3v) is 4.41. The van der Waals surface area contributed by atoms with E-state index in [2.05, 4.69) is 27.1 Å². The first kappa shape index (κ1) is 16.5. The van der Waals surface area contributed by atoms with E-state index in [-0.39, 0.29) is 11.2 Å². The Morgan fingerprint density at radius 3 is 2.59 bits per heavy atom. The van der Waals surface area contributed by atoms with E-state index in [1.54, 1.807) is 24.5 Å². The summed E-state index contributed by atoms with van der Waals surface area (Å²) in [6.07, 6.45) is 0. The van der Waals surface area contributed by atoms with Crippen LogP contribution >= 0.6 is 11.3 Å². The molecule has 22 heavy (non-hydrogen) atoms. The molecule has 0 saturated heterocycles. The number of halogens is 1. The maximum absolute atomic E-state index is 14.0. The molecule has 0 amide bonds. The lowest BCUT2D eigenvalue weighted by molar-refractivity contribution is 0.473. The van der Waals surface area contributed by atoms with Crippen LogP contribution in [0.3, 0.4) is 0 Å². The number of hydrogen-bond donors (Lipinski definition) is 2. The molecule has 0 bridgehead atoms. The van der Waals surface area contributed by atoms with Gasteiger partial charge in [-0.05, 0) is 23.1 Å². The molecular weight excluding hydrogens is 297 g/mol. The lowest BCUT2D eigenvalue weighted by Gasteiger charge is -2.27. The van der Waals surface area contributed by atoms with Crippen molar-refractivity contribution >= 4 is 17.3 Å². The fourth-order valence-corrected chi connectivity index (χ4v) is 2.86.